The molecule has 0 unspecified atom stereocenters. The van der Waals surface area contributed by atoms with Gasteiger partial charge in [0.05, 0.1) is 31.4 Å². The number of hydrogen-bond donors (Lipinski definition) is 3. The quantitative estimate of drug-likeness (QED) is 0.467. The number of rotatable bonds is 2. The van der Waals surface area contributed by atoms with E-state index in [-0.39, 0.29) is 23.8 Å². The fraction of sp³-hybridized carbons (Fsp3) is 0.571. The van der Waals surface area contributed by atoms with Crippen LogP contribution in [0.4, 0.5) is 10.5 Å². The SMILES string of the molecule is COc1cc2cc(c1Cl)N(C)C(=O)C[C@H](O)[C@]1(C)O[C@@H]1[C@@H](C)[C@H]1C[C@@](O)(NC(=O)O1)[C@@H](OC)/C=C/C=C(\C)C2. The Balaban J connectivity index is 1.74. The first-order valence-electron chi connectivity index (χ1n) is 12.9. The molecule has 39 heavy (non-hydrogen) atoms. The Hall–Kier alpha value is -2.63. The molecule has 0 radical (unpaired) electrons. The molecule has 1 aromatic rings. The van der Waals surface area contributed by atoms with E-state index in [1.54, 1.807) is 26.1 Å². The number of aliphatic hydroxyl groups excluding tert-OH is 1. The second-order valence-electron chi connectivity index (χ2n) is 10.8. The lowest BCUT2D eigenvalue weighted by atomic mass is 9.84. The molecule has 2 amide bonds. The fourth-order valence-electron chi connectivity index (χ4n) is 5.46. The van der Waals surface area contributed by atoms with Crippen LogP contribution >= 0.6 is 11.6 Å². The number of methoxy groups -OCH3 is 2. The smallest absolute Gasteiger partial charge is 0.409 e. The number of halogens is 1. The molecule has 10 nitrogen and oxygen atoms in total. The molecule has 3 heterocycles. The van der Waals surface area contributed by atoms with Gasteiger partial charge in [0.1, 0.15) is 28.6 Å². The second kappa shape index (κ2) is 11.1. The zero-order valence-electron chi connectivity index (χ0n) is 23.1. The van der Waals surface area contributed by atoms with Crippen molar-refractivity contribution in [1.29, 1.82) is 0 Å². The van der Waals surface area contributed by atoms with E-state index in [4.69, 9.17) is 30.5 Å². The fourth-order valence-corrected chi connectivity index (χ4v) is 5.78. The van der Waals surface area contributed by atoms with Crippen LogP contribution in [0.15, 0.2) is 35.9 Å². The third-order valence-corrected chi connectivity index (χ3v) is 8.36. The number of anilines is 1. The molecule has 214 valence electrons. The van der Waals surface area contributed by atoms with E-state index in [0.717, 1.165) is 11.1 Å². The minimum Gasteiger partial charge on any atom is -0.495 e. The van der Waals surface area contributed by atoms with Crippen molar-refractivity contribution in [1.82, 2.24) is 5.32 Å². The van der Waals surface area contributed by atoms with Crippen LogP contribution in [0.25, 0.3) is 0 Å². The highest BCUT2D eigenvalue weighted by Crippen LogP contribution is 2.48. The zero-order chi connectivity index (χ0) is 28.7. The van der Waals surface area contributed by atoms with Gasteiger partial charge in [0.15, 0.2) is 5.72 Å². The lowest BCUT2D eigenvalue weighted by Crippen LogP contribution is -2.63. The van der Waals surface area contributed by atoms with Crippen LogP contribution in [-0.4, -0.2) is 79.2 Å². The number of fused-ring (bicyclic) bond motifs is 5. The number of nitrogens with zero attached hydrogens (tertiary/aromatic N) is 1. The van der Waals surface area contributed by atoms with Gasteiger partial charge in [-0.3, -0.25) is 10.1 Å². The number of aliphatic hydroxyl groups is 2. The predicted octanol–water partition coefficient (Wildman–Crippen LogP) is 3.12. The lowest BCUT2D eigenvalue weighted by molar-refractivity contribution is -0.142. The molecule has 3 N–H and O–H groups in total. The van der Waals surface area contributed by atoms with E-state index in [2.05, 4.69) is 5.32 Å². The number of ether oxygens (including phenoxy) is 4. The number of alkyl carbamates (subject to hydrolysis) is 1. The van der Waals surface area contributed by atoms with Gasteiger partial charge in [-0.25, -0.2) is 4.79 Å². The number of hydrogen-bond acceptors (Lipinski definition) is 8. The molecule has 0 aliphatic carbocycles. The first kappa shape index (κ1) is 29.4. The first-order chi connectivity index (χ1) is 18.3. The van der Waals surface area contributed by atoms with Crippen molar-refractivity contribution in [2.45, 2.75) is 75.8 Å². The molecule has 3 aliphatic heterocycles. The monoisotopic (exact) mass is 564 g/mol. The van der Waals surface area contributed by atoms with E-state index >= 15 is 0 Å². The number of benzene rings is 1. The maximum atomic E-state index is 13.3. The third-order valence-electron chi connectivity index (χ3n) is 7.98. The number of epoxide rings is 1. The first-order valence-corrected chi connectivity index (χ1v) is 13.3. The molecule has 11 heteroatoms. The number of nitrogens with one attached hydrogen (secondary N) is 1. The standard InChI is InChI=1S/C28H37ClN2O8/c1-15-8-7-9-22(37-6)28(35)14-20(38-26(34)30-28)16(2)25-27(3,39-25)21(32)13-23(33)31(4)18-11-17(10-15)12-19(36-5)24(18)29/h7-9,11-12,16,20-22,25,32,35H,10,13-14H2,1-6H3,(H,30,34)/b9-7+,15-8+/t16-,20+,21-,22-,25+,27-,28-/m0/s1. The topological polar surface area (TPSA) is 130 Å². The molecule has 1 aromatic carbocycles. The second-order valence-corrected chi connectivity index (χ2v) is 11.2. The number of carbonyl (C=O) groups is 2. The van der Waals surface area contributed by atoms with Crippen molar-refractivity contribution >= 4 is 29.3 Å². The summed E-state index contributed by atoms with van der Waals surface area (Å²) in [7, 11) is 4.56. The maximum absolute atomic E-state index is 13.3. The molecule has 0 spiro atoms. The molecular weight excluding hydrogens is 528 g/mol. The van der Waals surface area contributed by atoms with Gasteiger partial charge in [0.2, 0.25) is 5.91 Å². The van der Waals surface area contributed by atoms with Crippen LogP contribution in [0.5, 0.6) is 5.75 Å². The zero-order valence-corrected chi connectivity index (χ0v) is 23.8. The number of amides is 2. The molecule has 0 saturated carbocycles. The van der Waals surface area contributed by atoms with Crippen LogP contribution in [-0.2, 0) is 25.4 Å². The molecule has 2 fully saturated rings. The highest BCUT2D eigenvalue weighted by molar-refractivity contribution is 6.35. The van der Waals surface area contributed by atoms with Gasteiger partial charge >= 0.3 is 6.09 Å². The molecule has 2 saturated heterocycles. The molecule has 4 bridgehead atoms. The minimum atomic E-state index is -1.73. The Bertz CT molecular complexity index is 1190. The van der Waals surface area contributed by atoms with Crippen molar-refractivity contribution < 1.29 is 38.7 Å². The summed E-state index contributed by atoms with van der Waals surface area (Å²) in [6.07, 6.45) is 1.63. The molecule has 3 aliphatic rings. The van der Waals surface area contributed by atoms with E-state index in [9.17, 15) is 19.8 Å². The molecule has 7 atom stereocenters. The Labute approximate surface area is 233 Å². The lowest BCUT2D eigenvalue weighted by Gasteiger charge is -2.42. The van der Waals surface area contributed by atoms with Gasteiger partial charge in [-0.15, -0.1) is 0 Å². The average molecular weight is 565 g/mol. The Morgan fingerprint density at radius 3 is 2.64 bits per heavy atom. The van der Waals surface area contributed by atoms with Crippen LogP contribution in [0.3, 0.4) is 0 Å². The summed E-state index contributed by atoms with van der Waals surface area (Å²) in [5.74, 6) is -0.323. The van der Waals surface area contributed by atoms with Crippen molar-refractivity contribution in [3.05, 3.63) is 46.5 Å². The van der Waals surface area contributed by atoms with Gasteiger partial charge in [-0.1, -0.05) is 42.3 Å². The summed E-state index contributed by atoms with van der Waals surface area (Å²) in [6, 6.07) is 3.63. The largest absolute Gasteiger partial charge is 0.495 e. The van der Waals surface area contributed by atoms with Gasteiger partial charge in [-0.05, 0) is 38.0 Å². The van der Waals surface area contributed by atoms with Crippen molar-refractivity contribution in [2.75, 3.05) is 26.2 Å². The van der Waals surface area contributed by atoms with Crippen LogP contribution in [0, 0.1) is 5.92 Å². The van der Waals surface area contributed by atoms with E-state index in [0.29, 0.717) is 17.9 Å². The molecule has 4 rings (SSSR count). The highest BCUT2D eigenvalue weighted by Gasteiger charge is 2.62. The summed E-state index contributed by atoms with van der Waals surface area (Å²) in [4.78, 5) is 27.1. The Morgan fingerprint density at radius 2 is 1.97 bits per heavy atom. The van der Waals surface area contributed by atoms with Crippen molar-refractivity contribution in [3.63, 3.8) is 0 Å². The maximum Gasteiger partial charge on any atom is 0.409 e. The summed E-state index contributed by atoms with van der Waals surface area (Å²) >= 11 is 6.58. The number of allylic oxidation sites excluding steroid dienone is 3. The normalized spacial score (nSPS) is 37.6. The van der Waals surface area contributed by atoms with Crippen molar-refractivity contribution in [3.8, 4) is 5.75 Å². The number of carbonyl (C=O) groups excluding carboxylic acids is 2. The van der Waals surface area contributed by atoms with Gasteiger partial charge in [0.25, 0.3) is 0 Å². The minimum absolute atomic E-state index is 0.0310. The van der Waals surface area contributed by atoms with Gasteiger partial charge in [-0.2, -0.15) is 0 Å². The summed E-state index contributed by atoms with van der Waals surface area (Å²) < 4.78 is 22.4. The highest BCUT2D eigenvalue weighted by atomic mass is 35.5. The van der Waals surface area contributed by atoms with E-state index < -0.39 is 47.8 Å². The summed E-state index contributed by atoms with van der Waals surface area (Å²) in [5.41, 5.74) is -0.479. The predicted molar refractivity (Wildman–Crippen MR) is 145 cm³/mol. The van der Waals surface area contributed by atoms with Crippen LogP contribution < -0.4 is 15.0 Å². The van der Waals surface area contributed by atoms with Gasteiger partial charge in [0, 0.05) is 26.5 Å². The van der Waals surface area contributed by atoms with Crippen LogP contribution in [0.2, 0.25) is 5.02 Å². The van der Waals surface area contributed by atoms with E-state index in [1.807, 2.05) is 32.1 Å². The van der Waals surface area contributed by atoms with Gasteiger partial charge < -0.3 is 34.1 Å². The molecular formula is C28H37ClN2O8. The Kier molecular flexibility index (Phi) is 8.35. The molecule has 0 aromatic heterocycles. The van der Waals surface area contributed by atoms with Crippen LogP contribution in [0.1, 0.15) is 39.2 Å². The Morgan fingerprint density at radius 1 is 1.26 bits per heavy atom. The average Bonchev–Trinajstić information content (AvgIpc) is 3.58. The summed E-state index contributed by atoms with van der Waals surface area (Å²) in [6.45, 7) is 5.48. The summed E-state index contributed by atoms with van der Waals surface area (Å²) in [5, 5.41) is 25.3. The van der Waals surface area contributed by atoms with Crippen molar-refractivity contribution in [2.24, 2.45) is 5.92 Å². The third kappa shape index (κ3) is 5.81. The van der Waals surface area contributed by atoms with E-state index in [1.165, 1.54) is 19.1 Å².